The van der Waals surface area contributed by atoms with Gasteiger partial charge >= 0.3 is 0 Å². The molecule has 122 valence electrons. The second-order valence-electron chi connectivity index (χ2n) is 5.94. The molecule has 0 bridgehead atoms. The Kier molecular flexibility index (Phi) is 3.51. The first-order valence-corrected chi connectivity index (χ1v) is 8.25. The van der Waals surface area contributed by atoms with Crippen LogP contribution >= 0.6 is 11.3 Å². The quantitative estimate of drug-likeness (QED) is 0.833. The van der Waals surface area contributed by atoms with Crippen molar-refractivity contribution in [3.8, 4) is 0 Å². The van der Waals surface area contributed by atoms with E-state index in [-0.39, 0.29) is 18.7 Å². The molecule has 1 aromatic heterocycles. The number of nitrogens with zero attached hydrogens (tertiary/aromatic N) is 2. The van der Waals surface area contributed by atoms with E-state index in [0.717, 1.165) is 9.90 Å². The molecule has 0 radical (unpaired) electrons. The fourth-order valence-corrected chi connectivity index (χ4v) is 3.99. The van der Waals surface area contributed by atoms with E-state index in [1.807, 2.05) is 18.9 Å². The molecule has 4 amide bonds. The summed E-state index contributed by atoms with van der Waals surface area (Å²) in [7, 11) is 1.85. The van der Waals surface area contributed by atoms with Crippen LogP contribution in [0.25, 0.3) is 0 Å². The first kappa shape index (κ1) is 15.7. The Morgan fingerprint density at radius 1 is 1.30 bits per heavy atom. The molecule has 1 N–H and O–H groups in total. The number of thiophene rings is 1. The Morgan fingerprint density at radius 2 is 2.00 bits per heavy atom. The molecule has 7 nitrogen and oxygen atoms in total. The highest BCUT2D eigenvalue weighted by molar-refractivity contribution is 7.15. The molecule has 0 unspecified atom stereocenters. The number of piperidine rings is 1. The average Bonchev–Trinajstić information content (AvgIpc) is 3.04. The van der Waals surface area contributed by atoms with Crippen LogP contribution in [0.4, 0.5) is 5.00 Å². The zero-order valence-corrected chi connectivity index (χ0v) is 14.0. The summed E-state index contributed by atoms with van der Waals surface area (Å²) in [4.78, 5) is 52.1. The number of carbonyl (C=O) groups is 4. The lowest BCUT2D eigenvalue weighted by Gasteiger charge is -2.38. The summed E-state index contributed by atoms with van der Waals surface area (Å²) in [5.41, 5.74) is -0.641. The average molecular weight is 335 g/mol. The summed E-state index contributed by atoms with van der Waals surface area (Å²) in [6.07, 6.45) is 0.246. The molecule has 0 spiro atoms. The SMILES string of the molecule is CCN(C)c1scc2c1C(=O)N([C@]1(C)CCC(=O)NC1=O)C2=O. The van der Waals surface area contributed by atoms with Crippen LogP contribution < -0.4 is 10.2 Å². The van der Waals surface area contributed by atoms with Crippen molar-refractivity contribution in [3.63, 3.8) is 0 Å². The van der Waals surface area contributed by atoms with Crippen LogP contribution in [0.3, 0.4) is 0 Å². The van der Waals surface area contributed by atoms with Crippen molar-refractivity contribution < 1.29 is 19.2 Å². The molecule has 2 aliphatic rings. The molecule has 1 atom stereocenters. The zero-order chi connectivity index (χ0) is 16.9. The Bertz CT molecular complexity index is 741. The van der Waals surface area contributed by atoms with Gasteiger partial charge in [-0.3, -0.25) is 29.4 Å². The second-order valence-corrected chi connectivity index (χ2v) is 6.80. The molecule has 3 heterocycles. The lowest BCUT2D eigenvalue weighted by molar-refractivity contribution is -0.140. The van der Waals surface area contributed by atoms with Gasteiger partial charge in [0.2, 0.25) is 5.91 Å². The topological polar surface area (TPSA) is 86.8 Å². The van der Waals surface area contributed by atoms with Gasteiger partial charge in [-0.25, -0.2) is 0 Å². The van der Waals surface area contributed by atoms with Gasteiger partial charge in [-0.2, -0.15) is 0 Å². The number of fused-ring (bicyclic) bond motifs is 1. The smallest absolute Gasteiger partial charge is 0.265 e. The van der Waals surface area contributed by atoms with E-state index in [4.69, 9.17) is 0 Å². The number of anilines is 1. The highest BCUT2D eigenvalue weighted by Gasteiger charge is 2.53. The van der Waals surface area contributed by atoms with E-state index >= 15 is 0 Å². The number of rotatable bonds is 3. The van der Waals surface area contributed by atoms with E-state index in [2.05, 4.69) is 5.32 Å². The molecule has 0 aromatic carbocycles. The van der Waals surface area contributed by atoms with Crippen LogP contribution in [0, 0.1) is 0 Å². The lowest BCUT2D eigenvalue weighted by atomic mass is 9.89. The third-order valence-corrected chi connectivity index (χ3v) is 5.61. The number of amides is 4. The first-order valence-electron chi connectivity index (χ1n) is 7.37. The molecule has 0 saturated carbocycles. The number of hydrogen-bond donors (Lipinski definition) is 1. The largest absolute Gasteiger partial charge is 0.366 e. The van der Waals surface area contributed by atoms with Crippen molar-refractivity contribution in [1.29, 1.82) is 0 Å². The van der Waals surface area contributed by atoms with Gasteiger partial charge in [0.05, 0.1) is 11.1 Å². The van der Waals surface area contributed by atoms with Crippen LogP contribution in [0.5, 0.6) is 0 Å². The number of carbonyl (C=O) groups excluding carboxylic acids is 4. The molecule has 0 aliphatic carbocycles. The monoisotopic (exact) mass is 335 g/mol. The van der Waals surface area contributed by atoms with Crippen LogP contribution in [0.2, 0.25) is 0 Å². The maximum atomic E-state index is 12.9. The Labute approximate surface area is 137 Å². The standard InChI is InChI=1S/C15H17N3O4S/c1-4-17(3)13-10-8(7-23-13)11(20)18(12(10)21)15(2)6-5-9(19)16-14(15)22/h7H,4-6H2,1-3H3,(H,16,19,22)/t15-/m1/s1. The van der Waals surface area contributed by atoms with Crippen LogP contribution in [-0.2, 0) is 9.59 Å². The fourth-order valence-electron chi connectivity index (χ4n) is 2.92. The van der Waals surface area contributed by atoms with Crippen LogP contribution in [0.1, 0.15) is 47.4 Å². The molecule has 1 aromatic rings. The molecule has 1 fully saturated rings. The van der Waals surface area contributed by atoms with Gasteiger partial charge in [0.15, 0.2) is 0 Å². The summed E-state index contributed by atoms with van der Waals surface area (Å²) >= 11 is 1.34. The van der Waals surface area contributed by atoms with Crippen molar-refractivity contribution in [2.75, 3.05) is 18.5 Å². The third kappa shape index (κ3) is 2.08. The molecule has 8 heteroatoms. The van der Waals surface area contributed by atoms with Gasteiger partial charge < -0.3 is 4.90 Å². The van der Waals surface area contributed by atoms with Gasteiger partial charge in [-0.1, -0.05) is 0 Å². The predicted molar refractivity (Wildman–Crippen MR) is 84.6 cm³/mol. The second kappa shape index (κ2) is 5.16. The molecular formula is C15H17N3O4S. The third-order valence-electron chi connectivity index (χ3n) is 4.52. The summed E-state index contributed by atoms with van der Waals surface area (Å²) < 4.78 is 0. The summed E-state index contributed by atoms with van der Waals surface area (Å²) in [6.45, 7) is 4.18. The highest BCUT2D eigenvalue weighted by atomic mass is 32.1. The maximum Gasteiger partial charge on any atom is 0.265 e. The van der Waals surface area contributed by atoms with Crippen molar-refractivity contribution in [1.82, 2.24) is 10.2 Å². The van der Waals surface area contributed by atoms with Crippen LogP contribution in [0.15, 0.2) is 5.38 Å². The van der Waals surface area contributed by atoms with E-state index in [9.17, 15) is 19.2 Å². The minimum atomic E-state index is -1.33. The molecular weight excluding hydrogens is 318 g/mol. The van der Waals surface area contributed by atoms with Crippen LogP contribution in [-0.4, -0.2) is 47.7 Å². The Morgan fingerprint density at radius 3 is 2.61 bits per heavy atom. The minimum Gasteiger partial charge on any atom is -0.366 e. The highest BCUT2D eigenvalue weighted by Crippen LogP contribution is 2.41. The number of imide groups is 2. The van der Waals surface area contributed by atoms with E-state index < -0.39 is 23.3 Å². The van der Waals surface area contributed by atoms with E-state index in [1.165, 1.54) is 18.3 Å². The van der Waals surface area contributed by atoms with E-state index in [1.54, 1.807) is 5.38 Å². The van der Waals surface area contributed by atoms with Crippen molar-refractivity contribution in [2.24, 2.45) is 0 Å². The maximum absolute atomic E-state index is 12.9. The number of hydrogen-bond acceptors (Lipinski definition) is 6. The molecule has 23 heavy (non-hydrogen) atoms. The molecule has 2 aliphatic heterocycles. The van der Waals surface area contributed by atoms with Crippen molar-refractivity contribution in [2.45, 2.75) is 32.2 Å². The van der Waals surface area contributed by atoms with Gasteiger partial charge in [-0.05, 0) is 20.3 Å². The molecule has 3 rings (SSSR count). The molecule has 1 saturated heterocycles. The first-order chi connectivity index (χ1) is 10.8. The van der Waals surface area contributed by atoms with Crippen molar-refractivity contribution in [3.05, 3.63) is 16.5 Å². The summed E-state index contributed by atoms with van der Waals surface area (Å²) in [5, 5.41) is 4.60. The lowest BCUT2D eigenvalue weighted by Crippen LogP contribution is -2.62. The predicted octanol–water partition coefficient (Wildman–Crippen LogP) is 0.995. The van der Waals surface area contributed by atoms with Crippen molar-refractivity contribution >= 4 is 40.0 Å². The summed E-state index contributed by atoms with van der Waals surface area (Å²) in [6, 6.07) is 0. The Hall–Kier alpha value is -2.22. The normalized spacial score (nSPS) is 24.0. The Balaban J connectivity index is 2.02. The zero-order valence-electron chi connectivity index (χ0n) is 13.1. The van der Waals surface area contributed by atoms with E-state index in [0.29, 0.717) is 17.7 Å². The fraction of sp³-hybridized carbons (Fsp3) is 0.467. The van der Waals surface area contributed by atoms with Gasteiger partial charge in [0, 0.05) is 25.4 Å². The minimum absolute atomic E-state index is 0.105. The number of nitrogens with one attached hydrogen (secondary N) is 1. The van der Waals surface area contributed by atoms with Gasteiger partial charge in [0.1, 0.15) is 10.5 Å². The summed E-state index contributed by atoms with van der Waals surface area (Å²) in [5.74, 6) is -1.92. The van der Waals surface area contributed by atoms with Gasteiger partial charge in [0.25, 0.3) is 17.7 Å². The van der Waals surface area contributed by atoms with Gasteiger partial charge in [-0.15, -0.1) is 11.3 Å².